The maximum Gasteiger partial charge on any atom is 0.515 e. The summed E-state index contributed by atoms with van der Waals surface area (Å²) in [6.45, 7) is 3.65. The third-order valence-corrected chi connectivity index (χ3v) is 3.03. The van der Waals surface area contributed by atoms with Crippen LogP contribution in [0.2, 0.25) is 5.02 Å². The van der Waals surface area contributed by atoms with Crippen molar-refractivity contribution in [2.75, 3.05) is 13.2 Å². The lowest BCUT2D eigenvalue weighted by Crippen LogP contribution is -2.18. The normalized spacial score (nSPS) is 10.4. The molecule has 0 aliphatic rings. The number of aromatic nitrogens is 1. The Morgan fingerprint density at radius 1 is 1.14 bits per heavy atom. The van der Waals surface area contributed by atoms with Crippen molar-refractivity contribution in [1.29, 1.82) is 0 Å². The first-order valence-corrected chi connectivity index (χ1v) is 6.78. The van der Waals surface area contributed by atoms with Crippen molar-refractivity contribution >= 4 is 34.8 Å². The van der Waals surface area contributed by atoms with Crippen molar-refractivity contribution < 1.29 is 23.8 Å². The number of nitrogens with zero attached hydrogens (tertiary/aromatic N) is 1. The highest BCUT2D eigenvalue weighted by molar-refractivity contribution is 6.37. The van der Waals surface area contributed by atoms with E-state index in [9.17, 15) is 9.59 Å². The highest BCUT2D eigenvalue weighted by Crippen LogP contribution is 2.36. The molecule has 0 aliphatic heterocycles. The molecule has 0 saturated heterocycles. The van der Waals surface area contributed by atoms with E-state index in [-0.39, 0.29) is 24.1 Å². The largest absolute Gasteiger partial charge is 0.515 e. The Balaban J connectivity index is 2.55. The third kappa shape index (κ3) is 2.95. The van der Waals surface area contributed by atoms with Crippen LogP contribution in [0, 0.1) is 0 Å². The summed E-state index contributed by atoms with van der Waals surface area (Å²) in [5, 5.41) is 0.721. The zero-order valence-corrected chi connectivity index (χ0v) is 12.3. The molecule has 2 rings (SSSR count). The molecule has 0 unspecified atom stereocenters. The average molecular weight is 312 g/mol. The van der Waals surface area contributed by atoms with Gasteiger partial charge in [-0.15, -0.1) is 0 Å². The van der Waals surface area contributed by atoms with Crippen molar-refractivity contribution in [3.63, 3.8) is 0 Å². The summed E-state index contributed by atoms with van der Waals surface area (Å²) in [6, 6.07) is 6.89. The van der Waals surface area contributed by atoms with Crippen LogP contribution in [0.25, 0.3) is 10.9 Å². The van der Waals surface area contributed by atoms with Crippen LogP contribution in [0.3, 0.4) is 0 Å². The summed E-state index contributed by atoms with van der Waals surface area (Å²) < 4.78 is 15.8. The van der Waals surface area contributed by atoms with Crippen LogP contribution in [-0.4, -0.2) is 30.0 Å². The lowest BCUT2D eigenvalue weighted by molar-refractivity contribution is 0.100. The lowest BCUT2D eigenvalue weighted by atomic mass is 10.2. The molecule has 1 heterocycles. The Labute approximate surface area is 126 Å². The predicted octanol–water partition coefficient (Wildman–Crippen LogP) is 3.83. The second-order valence-corrected chi connectivity index (χ2v) is 4.33. The van der Waals surface area contributed by atoms with E-state index in [1.54, 1.807) is 38.1 Å². The maximum atomic E-state index is 12.1. The number of benzene rings is 1. The van der Waals surface area contributed by atoms with Crippen LogP contribution < -0.4 is 4.74 Å². The number of carbonyl (C=O) groups excluding carboxylic acids is 2. The first-order chi connectivity index (χ1) is 10.1. The second-order valence-electron chi connectivity index (χ2n) is 3.96. The fourth-order valence-electron chi connectivity index (χ4n) is 1.86. The molecule has 0 fully saturated rings. The molecule has 1 aromatic carbocycles. The lowest BCUT2D eigenvalue weighted by Gasteiger charge is -2.09. The molecule has 0 atom stereocenters. The number of fused-ring (bicyclic) bond motifs is 1. The van der Waals surface area contributed by atoms with Gasteiger partial charge in [-0.2, -0.15) is 0 Å². The van der Waals surface area contributed by atoms with Crippen LogP contribution in [0.4, 0.5) is 9.59 Å². The summed E-state index contributed by atoms with van der Waals surface area (Å²) in [4.78, 5) is 23.6. The Morgan fingerprint density at radius 2 is 1.81 bits per heavy atom. The van der Waals surface area contributed by atoms with Crippen molar-refractivity contribution in [3.05, 3.63) is 29.3 Å². The van der Waals surface area contributed by atoms with Gasteiger partial charge >= 0.3 is 12.2 Å². The summed E-state index contributed by atoms with van der Waals surface area (Å²) >= 11 is 6.19. The first kappa shape index (κ1) is 15.2. The topological polar surface area (TPSA) is 66.8 Å². The molecule has 0 N–H and O–H groups in total. The van der Waals surface area contributed by atoms with Crippen LogP contribution in [0.1, 0.15) is 13.8 Å². The zero-order valence-electron chi connectivity index (χ0n) is 11.6. The molecule has 6 nitrogen and oxygen atoms in total. The number of halogens is 1. The van der Waals surface area contributed by atoms with Crippen molar-refractivity contribution in [3.8, 4) is 5.88 Å². The monoisotopic (exact) mass is 311 g/mol. The average Bonchev–Trinajstić information content (AvgIpc) is 2.73. The molecule has 2 aromatic rings. The van der Waals surface area contributed by atoms with Gasteiger partial charge in [-0.05, 0) is 19.9 Å². The van der Waals surface area contributed by atoms with Crippen LogP contribution >= 0.6 is 11.6 Å². The molecule has 112 valence electrons. The van der Waals surface area contributed by atoms with Crippen molar-refractivity contribution in [2.45, 2.75) is 13.8 Å². The minimum atomic E-state index is -0.937. The summed E-state index contributed by atoms with van der Waals surface area (Å²) in [5.74, 6) is -0.116. The number of hydrogen-bond acceptors (Lipinski definition) is 5. The molecule has 7 heteroatoms. The molecule has 1 aromatic heterocycles. The minimum Gasteiger partial charge on any atom is -0.449 e. The van der Waals surface area contributed by atoms with E-state index in [1.807, 2.05) is 0 Å². The summed E-state index contributed by atoms with van der Waals surface area (Å²) in [7, 11) is 0. The predicted molar refractivity (Wildman–Crippen MR) is 77.0 cm³/mol. The Kier molecular flexibility index (Phi) is 4.70. The fourth-order valence-corrected chi connectivity index (χ4v) is 2.15. The molecule has 0 spiro atoms. The number of ether oxygens (including phenoxy) is 3. The summed E-state index contributed by atoms with van der Waals surface area (Å²) in [6.07, 6.45) is -1.62. The quantitative estimate of drug-likeness (QED) is 0.806. The first-order valence-electron chi connectivity index (χ1n) is 6.40. The van der Waals surface area contributed by atoms with Crippen LogP contribution in [-0.2, 0) is 9.47 Å². The molecule has 0 aliphatic carbocycles. The van der Waals surface area contributed by atoms with E-state index < -0.39 is 12.2 Å². The molecular formula is C14H14ClNO5. The van der Waals surface area contributed by atoms with Gasteiger partial charge in [0.15, 0.2) is 0 Å². The van der Waals surface area contributed by atoms with E-state index in [4.69, 9.17) is 25.8 Å². The number of carbonyl (C=O) groups is 2. The fraction of sp³-hybridized carbons (Fsp3) is 0.286. The Hall–Kier alpha value is -2.21. The van der Waals surface area contributed by atoms with E-state index >= 15 is 0 Å². The standard InChI is InChI=1S/C14H14ClNO5/c1-3-19-13(17)16-10-8-6-5-7-9(10)11(15)12(16)21-14(18)20-4-2/h5-8H,3-4H2,1-2H3. The van der Waals surface area contributed by atoms with Crippen molar-refractivity contribution in [1.82, 2.24) is 4.57 Å². The third-order valence-electron chi connectivity index (χ3n) is 2.66. The smallest absolute Gasteiger partial charge is 0.449 e. The van der Waals surface area contributed by atoms with Crippen molar-refractivity contribution in [2.24, 2.45) is 0 Å². The van der Waals surface area contributed by atoms with Crippen LogP contribution in [0.5, 0.6) is 5.88 Å². The molecule has 0 amide bonds. The zero-order chi connectivity index (χ0) is 15.4. The van der Waals surface area contributed by atoms with Gasteiger partial charge in [0.2, 0.25) is 5.88 Å². The van der Waals surface area contributed by atoms with Gasteiger partial charge in [0.25, 0.3) is 0 Å². The van der Waals surface area contributed by atoms with E-state index in [2.05, 4.69) is 0 Å². The van der Waals surface area contributed by atoms with Gasteiger partial charge in [-0.3, -0.25) is 0 Å². The molecule has 0 saturated carbocycles. The van der Waals surface area contributed by atoms with E-state index in [1.165, 1.54) is 0 Å². The van der Waals surface area contributed by atoms with Gasteiger partial charge < -0.3 is 14.2 Å². The van der Waals surface area contributed by atoms with E-state index in [0.29, 0.717) is 10.9 Å². The number of rotatable bonds is 3. The molecule has 0 radical (unpaired) electrons. The van der Waals surface area contributed by atoms with Gasteiger partial charge in [0.1, 0.15) is 5.02 Å². The highest BCUT2D eigenvalue weighted by Gasteiger charge is 2.24. The number of hydrogen-bond donors (Lipinski definition) is 0. The van der Waals surface area contributed by atoms with Gasteiger partial charge in [-0.1, -0.05) is 29.8 Å². The molecular weight excluding hydrogens is 298 g/mol. The Bertz CT molecular complexity index is 679. The maximum absolute atomic E-state index is 12.1. The highest BCUT2D eigenvalue weighted by atomic mass is 35.5. The van der Waals surface area contributed by atoms with Gasteiger partial charge in [0.05, 0.1) is 18.7 Å². The Morgan fingerprint density at radius 3 is 2.48 bits per heavy atom. The molecule has 0 bridgehead atoms. The number of para-hydroxylation sites is 1. The van der Waals surface area contributed by atoms with Crippen LogP contribution in [0.15, 0.2) is 24.3 Å². The van der Waals surface area contributed by atoms with Gasteiger partial charge in [0, 0.05) is 5.39 Å². The summed E-state index contributed by atoms with van der Waals surface area (Å²) in [5.41, 5.74) is 0.486. The minimum absolute atomic E-state index is 0.116. The molecule has 21 heavy (non-hydrogen) atoms. The SMILES string of the molecule is CCOC(=O)Oc1c(Cl)c2ccccc2n1C(=O)OCC. The van der Waals surface area contributed by atoms with E-state index in [0.717, 1.165) is 4.57 Å². The van der Waals surface area contributed by atoms with Gasteiger partial charge in [-0.25, -0.2) is 14.2 Å². The second kappa shape index (κ2) is 6.49.